The summed E-state index contributed by atoms with van der Waals surface area (Å²) in [6, 6.07) is 8.19. The van der Waals surface area contributed by atoms with E-state index in [1.54, 1.807) is 0 Å². The molecule has 0 amide bonds. The molecule has 0 N–H and O–H groups in total. The van der Waals surface area contributed by atoms with Crippen molar-refractivity contribution in [2.24, 2.45) is 5.92 Å². The number of carbonyl (C=O) groups is 1. The molecule has 2 nitrogen and oxygen atoms in total. The van der Waals surface area contributed by atoms with Crippen LogP contribution >= 0.6 is 0 Å². The Labute approximate surface area is 103 Å². The summed E-state index contributed by atoms with van der Waals surface area (Å²) in [5.74, 6) is 2.03. The van der Waals surface area contributed by atoms with Crippen molar-refractivity contribution in [1.82, 2.24) is 0 Å². The van der Waals surface area contributed by atoms with Crippen LogP contribution in [0.2, 0.25) is 0 Å². The lowest BCUT2D eigenvalue weighted by Gasteiger charge is -2.06. The van der Waals surface area contributed by atoms with E-state index >= 15 is 0 Å². The standard InChI is InChI=1S/C15H20O2/c1-3-8-17-12-7-5-6-11(9-12)13-10-14(13)15(16)4-2/h5-7,9,13-14H,3-4,8,10H2,1-2H3. The molecule has 17 heavy (non-hydrogen) atoms. The normalized spacial score (nSPS) is 22.2. The van der Waals surface area contributed by atoms with Gasteiger partial charge in [0.15, 0.2) is 0 Å². The van der Waals surface area contributed by atoms with Crippen LogP contribution in [0.15, 0.2) is 24.3 Å². The average Bonchev–Trinajstić information content (AvgIpc) is 3.16. The van der Waals surface area contributed by atoms with Gasteiger partial charge in [-0.05, 0) is 36.5 Å². The molecule has 0 bridgehead atoms. The van der Waals surface area contributed by atoms with Gasteiger partial charge in [-0.15, -0.1) is 0 Å². The molecule has 1 aromatic rings. The molecule has 92 valence electrons. The molecule has 0 aliphatic heterocycles. The molecule has 1 aliphatic rings. The molecule has 1 aromatic carbocycles. The second-order valence-electron chi connectivity index (χ2n) is 4.69. The van der Waals surface area contributed by atoms with E-state index in [1.165, 1.54) is 5.56 Å². The van der Waals surface area contributed by atoms with Gasteiger partial charge in [0, 0.05) is 12.3 Å². The van der Waals surface area contributed by atoms with Crippen LogP contribution in [-0.4, -0.2) is 12.4 Å². The third kappa shape index (κ3) is 2.87. The van der Waals surface area contributed by atoms with E-state index < -0.39 is 0 Å². The highest BCUT2D eigenvalue weighted by Crippen LogP contribution is 2.48. The molecule has 2 rings (SSSR count). The third-order valence-electron chi connectivity index (χ3n) is 3.31. The van der Waals surface area contributed by atoms with Crippen molar-refractivity contribution in [3.05, 3.63) is 29.8 Å². The summed E-state index contributed by atoms with van der Waals surface area (Å²) in [6.07, 6.45) is 2.70. The molecule has 0 spiro atoms. The quantitative estimate of drug-likeness (QED) is 0.749. The van der Waals surface area contributed by atoms with Crippen molar-refractivity contribution >= 4 is 5.78 Å². The van der Waals surface area contributed by atoms with Gasteiger partial charge in [0.2, 0.25) is 0 Å². The first kappa shape index (κ1) is 12.2. The largest absolute Gasteiger partial charge is 0.494 e. The summed E-state index contributed by atoms with van der Waals surface area (Å²) in [4.78, 5) is 11.6. The Hall–Kier alpha value is -1.31. The second-order valence-corrected chi connectivity index (χ2v) is 4.69. The SMILES string of the molecule is CCCOc1cccc(C2CC2C(=O)CC)c1. The number of benzene rings is 1. The van der Waals surface area contributed by atoms with Crippen LogP contribution in [0.3, 0.4) is 0 Å². The van der Waals surface area contributed by atoms with Gasteiger partial charge in [0.05, 0.1) is 6.61 Å². The van der Waals surface area contributed by atoms with E-state index in [9.17, 15) is 4.79 Å². The predicted octanol–water partition coefficient (Wildman–Crippen LogP) is 3.56. The van der Waals surface area contributed by atoms with Crippen molar-refractivity contribution in [1.29, 1.82) is 0 Å². The van der Waals surface area contributed by atoms with Crippen LogP contribution in [0, 0.1) is 5.92 Å². The smallest absolute Gasteiger partial charge is 0.136 e. The number of Topliss-reactive ketones (excluding diaryl/α,β-unsaturated/α-hetero) is 1. The highest BCUT2D eigenvalue weighted by atomic mass is 16.5. The van der Waals surface area contributed by atoms with Crippen molar-refractivity contribution in [2.75, 3.05) is 6.61 Å². The van der Waals surface area contributed by atoms with Gasteiger partial charge in [-0.3, -0.25) is 4.79 Å². The highest BCUT2D eigenvalue weighted by molar-refractivity contribution is 5.84. The fourth-order valence-electron chi connectivity index (χ4n) is 2.24. The topological polar surface area (TPSA) is 26.3 Å². The first-order valence-electron chi connectivity index (χ1n) is 6.51. The number of hydrogen-bond acceptors (Lipinski definition) is 2. The highest BCUT2D eigenvalue weighted by Gasteiger charge is 2.42. The Balaban J connectivity index is 2.00. The monoisotopic (exact) mass is 232 g/mol. The van der Waals surface area contributed by atoms with Gasteiger partial charge in [0.1, 0.15) is 11.5 Å². The maximum Gasteiger partial charge on any atom is 0.136 e. The molecule has 0 radical (unpaired) electrons. The summed E-state index contributed by atoms with van der Waals surface area (Å²) in [7, 11) is 0. The van der Waals surface area contributed by atoms with Gasteiger partial charge >= 0.3 is 0 Å². The first-order chi connectivity index (χ1) is 8.26. The lowest BCUT2D eigenvalue weighted by atomic mass is 10.1. The van der Waals surface area contributed by atoms with Crippen molar-refractivity contribution in [3.8, 4) is 5.75 Å². The Bertz CT molecular complexity index is 398. The van der Waals surface area contributed by atoms with E-state index in [0.717, 1.165) is 25.2 Å². The fourth-order valence-corrected chi connectivity index (χ4v) is 2.24. The van der Waals surface area contributed by atoms with Gasteiger partial charge in [-0.2, -0.15) is 0 Å². The first-order valence-corrected chi connectivity index (χ1v) is 6.51. The number of hydrogen-bond donors (Lipinski definition) is 0. The molecule has 1 aliphatic carbocycles. The molecule has 1 saturated carbocycles. The Morgan fingerprint density at radius 3 is 2.94 bits per heavy atom. The Morgan fingerprint density at radius 1 is 1.41 bits per heavy atom. The summed E-state index contributed by atoms with van der Waals surface area (Å²) in [5, 5.41) is 0. The zero-order valence-corrected chi connectivity index (χ0v) is 10.6. The van der Waals surface area contributed by atoms with Crippen LogP contribution in [0.4, 0.5) is 0 Å². The minimum atomic E-state index is 0.265. The molecule has 2 atom stereocenters. The predicted molar refractivity (Wildman–Crippen MR) is 68.4 cm³/mol. The molecular formula is C15H20O2. The van der Waals surface area contributed by atoms with Crippen LogP contribution < -0.4 is 4.74 Å². The molecular weight excluding hydrogens is 212 g/mol. The minimum absolute atomic E-state index is 0.265. The zero-order chi connectivity index (χ0) is 12.3. The molecule has 2 heteroatoms. The lowest BCUT2D eigenvalue weighted by Crippen LogP contribution is -2.00. The van der Waals surface area contributed by atoms with E-state index in [2.05, 4.69) is 19.1 Å². The van der Waals surface area contributed by atoms with E-state index in [1.807, 2.05) is 19.1 Å². The van der Waals surface area contributed by atoms with Crippen LogP contribution in [-0.2, 0) is 4.79 Å². The third-order valence-corrected chi connectivity index (χ3v) is 3.31. The number of ether oxygens (including phenoxy) is 1. The van der Waals surface area contributed by atoms with Crippen molar-refractivity contribution in [2.45, 2.75) is 39.0 Å². The minimum Gasteiger partial charge on any atom is -0.494 e. The van der Waals surface area contributed by atoms with Gasteiger partial charge < -0.3 is 4.74 Å². The van der Waals surface area contributed by atoms with Gasteiger partial charge in [-0.25, -0.2) is 0 Å². The van der Waals surface area contributed by atoms with Gasteiger partial charge in [-0.1, -0.05) is 26.0 Å². The molecule has 0 aromatic heterocycles. The van der Waals surface area contributed by atoms with Crippen molar-refractivity contribution in [3.63, 3.8) is 0 Å². The summed E-state index contributed by atoms with van der Waals surface area (Å²) in [6.45, 7) is 4.80. The zero-order valence-electron chi connectivity index (χ0n) is 10.6. The van der Waals surface area contributed by atoms with E-state index in [0.29, 0.717) is 18.1 Å². The van der Waals surface area contributed by atoms with Gasteiger partial charge in [0.25, 0.3) is 0 Å². The average molecular weight is 232 g/mol. The van der Waals surface area contributed by atoms with E-state index in [-0.39, 0.29) is 5.92 Å². The number of ketones is 1. The van der Waals surface area contributed by atoms with Crippen LogP contribution in [0.5, 0.6) is 5.75 Å². The summed E-state index contributed by atoms with van der Waals surface area (Å²) in [5.41, 5.74) is 1.26. The lowest BCUT2D eigenvalue weighted by molar-refractivity contribution is -0.120. The molecule has 0 saturated heterocycles. The molecule has 2 unspecified atom stereocenters. The maximum atomic E-state index is 11.6. The van der Waals surface area contributed by atoms with Crippen LogP contribution in [0.1, 0.15) is 44.6 Å². The number of carbonyl (C=O) groups excluding carboxylic acids is 1. The maximum absolute atomic E-state index is 11.6. The summed E-state index contributed by atoms with van der Waals surface area (Å²) >= 11 is 0. The second kappa shape index (κ2) is 5.35. The molecule has 1 fully saturated rings. The van der Waals surface area contributed by atoms with Crippen molar-refractivity contribution < 1.29 is 9.53 Å². The van der Waals surface area contributed by atoms with Crippen LogP contribution in [0.25, 0.3) is 0 Å². The summed E-state index contributed by atoms with van der Waals surface area (Å²) < 4.78 is 5.61. The Kier molecular flexibility index (Phi) is 3.82. The number of rotatable bonds is 6. The Morgan fingerprint density at radius 2 is 2.24 bits per heavy atom. The fraction of sp³-hybridized carbons (Fsp3) is 0.533. The molecule has 0 heterocycles. The van der Waals surface area contributed by atoms with E-state index in [4.69, 9.17) is 4.74 Å².